The average molecular weight is 360 g/mol. The van der Waals surface area contributed by atoms with Gasteiger partial charge < -0.3 is 10.1 Å². The van der Waals surface area contributed by atoms with Crippen LogP contribution in [0.25, 0.3) is 0 Å². The summed E-state index contributed by atoms with van der Waals surface area (Å²) in [6.07, 6.45) is 1.98. The van der Waals surface area contributed by atoms with Crippen molar-refractivity contribution in [3.8, 4) is 0 Å². The van der Waals surface area contributed by atoms with E-state index in [0.29, 0.717) is 17.2 Å². The Morgan fingerprint density at radius 3 is 2.68 bits per heavy atom. The largest absolute Gasteiger partial charge is 0.462 e. The van der Waals surface area contributed by atoms with Gasteiger partial charge in [0.25, 0.3) is 0 Å². The Morgan fingerprint density at radius 1 is 1.20 bits per heavy atom. The van der Waals surface area contributed by atoms with Gasteiger partial charge in [0.05, 0.1) is 18.7 Å². The number of ether oxygens (including phenoxy) is 1. The number of hydrogen-bond donors (Lipinski definition) is 1. The first-order chi connectivity index (χ1) is 12.1. The molecule has 0 saturated heterocycles. The van der Waals surface area contributed by atoms with Crippen LogP contribution in [0.5, 0.6) is 0 Å². The van der Waals surface area contributed by atoms with Crippen molar-refractivity contribution in [2.75, 3.05) is 32.1 Å². The number of benzene rings is 1. The van der Waals surface area contributed by atoms with Gasteiger partial charge in [-0.3, -0.25) is 9.69 Å². The highest BCUT2D eigenvalue weighted by atomic mass is 32.1. The Hall–Kier alpha value is -2.18. The zero-order valence-corrected chi connectivity index (χ0v) is 15.5. The molecule has 0 atom stereocenters. The molecule has 2 rings (SSSR count). The summed E-state index contributed by atoms with van der Waals surface area (Å²) in [7, 11) is 1.92. The summed E-state index contributed by atoms with van der Waals surface area (Å²) in [5, 5.41) is 5.12. The zero-order valence-electron chi connectivity index (χ0n) is 14.7. The number of anilines is 1. The molecule has 6 heteroatoms. The normalized spacial score (nSPS) is 10.7. The predicted octanol–water partition coefficient (Wildman–Crippen LogP) is 3.43. The van der Waals surface area contributed by atoms with E-state index in [2.05, 4.69) is 17.4 Å². The summed E-state index contributed by atoms with van der Waals surface area (Å²) in [5.74, 6) is -0.537. The maximum Gasteiger partial charge on any atom is 0.341 e. The second kappa shape index (κ2) is 9.96. The number of thiophene rings is 1. The van der Waals surface area contributed by atoms with Crippen LogP contribution in [0.4, 0.5) is 5.00 Å². The van der Waals surface area contributed by atoms with E-state index < -0.39 is 5.97 Å². The van der Waals surface area contributed by atoms with Gasteiger partial charge in [0.15, 0.2) is 0 Å². The van der Waals surface area contributed by atoms with E-state index in [9.17, 15) is 9.59 Å². The summed E-state index contributed by atoms with van der Waals surface area (Å²) in [6.45, 7) is 3.19. The van der Waals surface area contributed by atoms with Gasteiger partial charge in [-0.25, -0.2) is 4.79 Å². The second-order valence-electron chi connectivity index (χ2n) is 5.76. The lowest BCUT2D eigenvalue weighted by molar-refractivity contribution is -0.117. The summed E-state index contributed by atoms with van der Waals surface area (Å²) in [4.78, 5) is 26.0. The third kappa shape index (κ3) is 6.32. The molecule has 0 radical (unpaired) electrons. The lowest BCUT2D eigenvalue weighted by atomic mass is 10.1. The maximum atomic E-state index is 12.2. The van der Waals surface area contributed by atoms with Crippen molar-refractivity contribution >= 4 is 28.2 Å². The Labute approximate surface area is 152 Å². The molecule has 0 bridgehead atoms. The van der Waals surface area contributed by atoms with Crippen LogP contribution in [0.3, 0.4) is 0 Å². The zero-order chi connectivity index (χ0) is 18.1. The average Bonchev–Trinajstić information content (AvgIpc) is 3.04. The van der Waals surface area contributed by atoms with E-state index in [-0.39, 0.29) is 12.5 Å². The van der Waals surface area contributed by atoms with Crippen LogP contribution >= 0.6 is 11.3 Å². The third-order valence-corrected chi connectivity index (χ3v) is 4.50. The quantitative estimate of drug-likeness (QED) is 0.696. The summed E-state index contributed by atoms with van der Waals surface area (Å²) < 4.78 is 4.99. The molecule has 5 nitrogen and oxygen atoms in total. The molecule has 0 aliphatic heterocycles. The van der Waals surface area contributed by atoms with Crippen LogP contribution in [0.2, 0.25) is 0 Å². The van der Waals surface area contributed by atoms with Gasteiger partial charge in [0, 0.05) is 0 Å². The number of nitrogens with zero attached hydrogens (tertiary/aromatic N) is 1. The Kier molecular flexibility index (Phi) is 7.63. The van der Waals surface area contributed by atoms with Crippen LogP contribution in [0, 0.1) is 0 Å². The van der Waals surface area contributed by atoms with Crippen molar-refractivity contribution in [2.45, 2.75) is 19.8 Å². The van der Waals surface area contributed by atoms with E-state index in [1.54, 1.807) is 18.4 Å². The molecular formula is C19H24N2O3S. The van der Waals surface area contributed by atoms with Crippen molar-refractivity contribution in [3.05, 3.63) is 52.9 Å². The molecule has 1 amide bonds. The molecule has 0 aliphatic rings. The molecule has 0 aliphatic carbocycles. The molecule has 1 aromatic heterocycles. The van der Waals surface area contributed by atoms with E-state index in [1.807, 2.05) is 30.1 Å². The first kappa shape index (κ1) is 19.1. The number of rotatable bonds is 9. The molecule has 0 unspecified atom stereocenters. The van der Waals surface area contributed by atoms with Crippen molar-refractivity contribution in [2.24, 2.45) is 0 Å². The minimum absolute atomic E-state index is 0.129. The fourth-order valence-corrected chi connectivity index (χ4v) is 3.26. The van der Waals surface area contributed by atoms with Gasteiger partial charge in [-0.2, -0.15) is 0 Å². The lowest BCUT2D eigenvalue weighted by Gasteiger charge is -2.16. The van der Waals surface area contributed by atoms with Gasteiger partial charge in [-0.1, -0.05) is 30.3 Å². The molecule has 2 aromatic rings. The Bertz CT molecular complexity index is 685. The fourth-order valence-electron chi connectivity index (χ4n) is 2.46. The molecule has 0 spiro atoms. The number of likely N-dealkylation sites (N-methyl/N-ethyl adjacent to an activating group) is 1. The number of aryl methyl sites for hydroxylation is 1. The molecule has 25 heavy (non-hydrogen) atoms. The topological polar surface area (TPSA) is 58.6 Å². The van der Waals surface area contributed by atoms with Crippen molar-refractivity contribution < 1.29 is 14.3 Å². The molecule has 1 aromatic carbocycles. The van der Waals surface area contributed by atoms with Crippen LogP contribution in [0.15, 0.2) is 41.8 Å². The van der Waals surface area contributed by atoms with Crippen molar-refractivity contribution in [3.63, 3.8) is 0 Å². The SMILES string of the molecule is CCOC(=O)c1ccsc1NC(=O)CN(C)CCCc1ccccc1. The van der Waals surface area contributed by atoms with E-state index >= 15 is 0 Å². The first-order valence-corrected chi connectivity index (χ1v) is 9.25. The van der Waals surface area contributed by atoms with Crippen LogP contribution in [-0.4, -0.2) is 43.5 Å². The second-order valence-corrected chi connectivity index (χ2v) is 6.68. The van der Waals surface area contributed by atoms with Gasteiger partial charge in [0.1, 0.15) is 5.00 Å². The van der Waals surface area contributed by atoms with Crippen LogP contribution in [-0.2, 0) is 16.0 Å². The van der Waals surface area contributed by atoms with Crippen molar-refractivity contribution in [1.82, 2.24) is 4.90 Å². The molecular weight excluding hydrogens is 336 g/mol. The third-order valence-electron chi connectivity index (χ3n) is 3.68. The molecule has 134 valence electrons. The Balaban J connectivity index is 1.76. The summed E-state index contributed by atoms with van der Waals surface area (Å²) >= 11 is 1.32. The number of carbonyl (C=O) groups excluding carboxylic acids is 2. The minimum atomic E-state index is -0.407. The monoisotopic (exact) mass is 360 g/mol. The number of carbonyl (C=O) groups is 2. The fraction of sp³-hybridized carbons (Fsp3) is 0.368. The summed E-state index contributed by atoms with van der Waals surface area (Å²) in [5.41, 5.74) is 1.71. The number of nitrogens with one attached hydrogen (secondary N) is 1. The lowest BCUT2D eigenvalue weighted by Crippen LogP contribution is -2.31. The van der Waals surface area contributed by atoms with Crippen LogP contribution < -0.4 is 5.32 Å². The maximum absolute atomic E-state index is 12.2. The van der Waals surface area contributed by atoms with Gasteiger partial charge in [-0.15, -0.1) is 11.3 Å². The first-order valence-electron chi connectivity index (χ1n) is 8.37. The smallest absolute Gasteiger partial charge is 0.341 e. The van der Waals surface area contributed by atoms with Crippen LogP contribution in [0.1, 0.15) is 29.3 Å². The van der Waals surface area contributed by atoms with E-state index in [0.717, 1.165) is 19.4 Å². The molecule has 0 fully saturated rings. The minimum Gasteiger partial charge on any atom is -0.462 e. The van der Waals surface area contributed by atoms with E-state index in [1.165, 1.54) is 16.9 Å². The Morgan fingerprint density at radius 2 is 1.96 bits per heavy atom. The highest BCUT2D eigenvalue weighted by molar-refractivity contribution is 7.14. The number of esters is 1. The van der Waals surface area contributed by atoms with Gasteiger partial charge >= 0.3 is 5.97 Å². The highest BCUT2D eigenvalue weighted by Crippen LogP contribution is 2.24. The van der Waals surface area contributed by atoms with Gasteiger partial charge in [0.2, 0.25) is 5.91 Å². The molecule has 0 saturated carbocycles. The predicted molar refractivity (Wildman–Crippen MR) is 101 cm³/mol. The van der Waals surface area contributed by atoms with Gasteiger partial charge in [-0.05, 0) is 50.4 Å². The number of amides is 1. The number of hydrogen-bond acceptors (Lipinski definition) is 5. The van der Waals surface area contributed by atoms with Crippen molar-refractivity contribution in [1.29, 1.82) is 0 Å². The molecule has 1 heterocycles. The highest BCUT2D eigenvalue weighted by Gasteiger charge is 2.16. The molecule has 1 N–H and O–H groups in total. The standard InChI is InChI=1S/C19H24N2O3S/c1-3-24-19(23)16-11-13-25-18(16)20-17(22)14-21(2)12-7-10-15-8-5-4-6-9-15/h4-6,8-9,11,13H,3,7,10,12,14H2,1-2H3,(H,20,22). The summed E-state index contributed by atoms with van der Waals surface area (Å²) in [6, 6.07) is 12.0. The van der Waals surface area contributed by atoms with E-state index in [4.69, 9.17) is 4.74 Å².